The lowest BCUT2D eigenvalue weighted by molar-refractivity contribution is -0.120. The Kier molecular flexibility index (Phi) is 1.91. The molecule has 2 bridgehead atoms. The number of carbonyl (C=O) groups excluding carboxylic acids is 1. The molecule has 0 aromatic carbocycles. The number of aliphatic hydroxyl groups excluding tert-OH is 1. The van der Waals surface area contributed by atoms with Crippen LogP contribution in [0, 0.1) is 22.7 Å². The lowest BCUT2D eigenvalue weighted by Gasteiger charge is -2.41. The molecular formula is C12H18O2. The molecule has 0 unspecified atom stereocenters. The number of hydrogen-bond donors (Lipinski definition) is 1. The van der Waals surface area contributed by atoms with Gasteiger partial charge in [0.2, 0.25) is 0 Å². The molecule has 78 valence electrons. The predicted octanol–water partition coefficient (Wildman–Crippen LogP) is 1.79. The fraction of sp³-hybridized carbons (Fsp3) is 0.750. The summed E-state index contributed by atoms with van der Waals surface area (Å²) in [5, 5.41) is 9.23. The Hall–Kier alpha value is -0.630. The van der Waals surface area contributed by atoms with E-state index in [0.717, 1.165) is 24.7 Å². The second-order valence-electron chi connectivity index (χ2n) is 5.38. The molecule has 2 saturated carbocycles. The van der Waals surface area contributed by atoms with E-state index in [1.54, 1.807) is 0 Å². The van der Waals surface area contributed by atoms with Crippen LogP contribution < -0.4 is 0 Å². The van der Waals surface area contributed by atoms with Gasteiger partial charge in [-0.1, -0.05) is 26.0 Å². The van der Waals surface area contributed by atoms with Crippen molar-refractivity contribution in [3.05, 3.63) is 12.2 Å². The van der Waals surface area contributed by atoms with Gasteiger partial charge in [-0.15, -0.1) is 0 Å². The van der Waals surface area contributed by atoms with E-state index in [9.17, 15) is 9.90 Å². The molecule has 2 rings (SSSR count). The first-order valence-corrected chi connectivity index (χ1v) is 5.25. The zero-order valence-corrected chi connectivity index (χ0v) is 8.92. The van der Waals surface area contributed by atoms with Crippen LogP contribution in [0.15, 0.2) is 12.2 Å². The molecule has 14 heavy (non-hydrogen) atoms. The third kappa shape index (κ3) is 0.876. The summed E-state index contributed by atoms with van der Waals surface area (Å²) in [5.74, 6) is 0.626. The van der Waals surface area contributed by atoms with Crippen LogP contribution in [0.5, 0.6) is 0 Å². The third-order valence-electron chi connectivity index (χ3n) is 4.73. The molecule has 0 aromatic heterocycles. The number of aliphatic hydroxyl groups is 1. The van der Waals surface area contributed by atoms with E-state index >= 15 is 0 Å². The molecule has 0 aliphatic heterocycles. The molecule has 2 heteroatoms. The summed E-state index contributed by atoms with van der Waals surface area (Å²) < 4.78 is 0. The molecule has 2 aliphatic rings. The third-order valence-corrected chi connectivity index (χ3v) is 4.73. The van der Waals surface area contributed by atoms with Crippen LogP contribution in [0.3, 0.4) is 0 Å². The van der Waals surface area contributed by atoms with E-state index in [0.29, 0.717) is 5.92 Å². The molecule has 3 atom stereocenters. The Morgan fingerprint density at radius 3 is 2.64 bits per heavy atom. The molecule has 0 radical (unpaired) electrons. The molecule has 0 heterocycles. The van der Waals surface area contributed by atoms with Crippen molar-refractivity contribution in [3.8, 4) is 0 Å². The average molecular weight is 194 g/mol. The Morgan fingerprint density at radius 1 is 1.57 bits per heavy atom. The van der Waals surface area contributed by atoms with Gasteiger partial charge < -0.3 is 9.90 Å². The zero-order valence-electron chi connectivity index (χ0n) is 8.92. The van der Waals surface area contributed by atoms with Gasteiger partial charge in [-0.3, -0.25) is 0 Å². The maximum absolute atomic E-state index is 11.3. The fourth-order valence-electron chi connectivity index (χ4n) is 3.39. The summed E-state index contributed by atoms with van der Waals surface area (Å²) >= 11 is 0. The van der Waals surface area contributed by atoms with Crippen molar-refractivity contribution in [2.75, 3.05) is 6.61 Å². The number of aldehydes is 1. The van der Waals surface area contributed by atoms with Crippen molar-refractivity contribution in [1.29, 1.82) is 0 Å². The minimum atomic E-state index is -0.248. The molecule has 0 saturated heterocycles. The molecule has 2 fully saturated rings. The highest BCUT2D eigenvalue weighted by molar-refractivity contribution is 5.66. The monoisotopic (exact) mass is 194 g/mol. The van der Waals surface area contributed by atoms with Crippen LogP contribution >= 0.6 is 0 Å². The van der Waals surface area contributed by atoms with Crippen molar-refractivity contribution in [3.63, 3.8) is 0 Å². The number of fused-ring (bicyclic) bond motifs is 2. The molecule has 2 aliphatic carbocycles. The van der Waals surface area contributed by atoms with Gasteiger partial charge >= 0.3 is 0 Å². The highest BCUT2D eigenvalue weighted by Gasteiger charge is 2.62. The summed E-state index contributed by atoms with van der Waals surface area (Å²) in [4.78, 5) is 11.3. The second-order valence-corrected chi connectivity index (χ2v) is 5.38. The van der Waals surface area contributed by atoms with E-state index in [2.05, 4.69) is 20.4 Å². The molecule has 0 aromatic rings. The number of hydrogen-bond acceptors (Lipinski definition) is 2. The lowest BCUT2D eigenvalue weighted by Crippen LogP contribution is -2.38. The SMILES string of the molecule is C=C1[C@@H]2C[C@@](C=O)(C[C@@H]2CO)C1(C)C. The van der Waals surface area contributed by atoms with Gasteiger partial charge in [0.05, 0.1) is 0 Å². The van der Waals surface area contributed by atoms with E-state index in [4.69, 9.17) is 0 Å². The lowest BCUT2D eigenvalue weighted by atomic mass is 9.62. The van der Waals surface area contributed by atoms with Crippen LogP contribution in [0.25, 0.3) is 0 Å². The maximum atomic E-state index is 11.3. The van der Waals surface area contributed by atoms with E-state index in [1.807, 2.05) is 0 Å². The predicted molar refractivity (Wildman–Crippen MR) is 54.7 cm³/mol. The van der Waals surface area contributed by atoms with Crippen molar-refractivity contribution < 1.29 is 9.90 Å². The van der Waals surface area contributed by atoms with Crippen LogP contribution in [-0.4, -0.2) is 18.0 Å². The van der Waals surface area contributed by atoms with Crippen LogP contribution in [0.1, 0.15) is 26.7 Å². The van der Waals surface area contributed by atoms with Crippen molar-refractivity contribution in [2.45, 2.75) is 26.7 Å². The molecule has 1 N–H and O–H groups in total. The summed E-state index contributed by atoms with van der Waals surface area (Å²) in [6.07, 6.45) is 2.84. The average Bonchev–Trinajstić information content (AvgIpc) is 2.63. The minimum Gasteiger partial charge on any atom is -0.396 e. The number of allylic oxidation sites excluding steroid dienone is 1. The highest BCUT2D eigenvalue weighted by Crippen LogP contribution is 2.67. The van der Waals surface area contributed by atoms with Crippen molar-refractivity contribution in [2.24, 2.45) is 22.7 Å². The molecular weight excluding hydrogens is 176 g/mol. The summed E-state index contributed by atoms with van der Waals surface area (Å²) in [6, 6.07) is 0. The topological polar surface area (TPSA) is 37.3 Å². The van der Waals surface area contributed by atoms with Gasteiger partial charge in [-0.05, 0) is 30.1 Å². The summed E-state index contributed by atoms with van der Waals surface area (Å²) in [6.45, 7) is 8.52. The van der Waals surface area contributed by atoms with Gasteiger partial charge in [-0.25, -0.2) is 0 Å². The highest BCUT2D eigenvalue weighted by atomic mass is 16.3. The van der Waals surface area contributed by atoms with Gasteiger partial charge in [0.1, 0.15) is 6.29 Å². The molecule has 0 spiro atoms. The quantitative estimate of drug-likeness (QED) is 0.537. The van der Waals surface area contributed by atoms with Crippen molar-refractivity contribution >= 4 is 6.29 Å². The Balaban J connectivity index is 2.42. The van der Waals surface area contributed by atoms with Crippen LogP contribution in [0.4, 0.5) is 0 Å². The Morgan fingerprint density at radius 2 is 2.21 bits per heavy atom. The van der Waals surface area contributed by atoms with Crippen LogP contribution in [-0.2, 0) is 4.79 Å². The first-order valence-electron chi connectivity index (χ1n) is 5.25. The smallest absolute Gasteiger partial charge is 0.127 e. The molecule has 2 nitrogen and oxygen atoms in total. The fourth-order valence-corrected chi connectivity index (χ4v) is 3.39. The van der Waals surface area contributed by atoms with Gasteiger partial charge in [0, 0.05) is 12.0 Å². The van der Waals surface area contributed by atoms with E-state index in [1.165, 1.54) is 0 Å². The van der Waals surface area contributed by atoms with E-state index < -0.39 is 0 Å². The Labute approximate surface area is 85.0 Å². The maximum Gasteiger partial charge on any atom is 0.127 e. The standard InChI is InChI=1S/C12H18O2/c1-8-10-5-12(7-14,11(8,2)3)4-9(10)6-13/h7,9-10,13H,1,4-6H2,2-3H3/t9-,10+,12-/m1/s1. The zero-order chi connectivity index (χ0) is 10.6. The normalized spacial score (nSPS) is 44.4. The largest absolute Gasteiger partial charge is 0.396 e. The first-order chi connectivity index (χ1) is 6.48. The Bertz CT molecular complexity index is 293. The van der Waals surface area contributed by atoms with Gasteiger partial charge in [-0.2, -0.15) is 0 Å². The first kappa shape index (κ1) is 9.91. The van der Waals surface area contributed by atoms with Crippen LogP contribution in [0.2, 0.25) is 0 Å². The van der Waals surface area contributed by atoms with Gasteiger partial charge in [0.25, 0.3) is 0 Å². The summed E-state index contributed by atoms with van der Waals surface area (Å²) in [7, 11) is 0. The number of rotatable bonds is 2. The summed E-state index contributed by atoms with van der Waals surface area (Å²) in [5.41, 5.74) is 0.836. The van der Waals surface area contributed by atoms with Crippen molar-refractivity contribution in [1.82, 2.24) is 0 Å². The number of carbonyl (C=O) groups is 1. The minimum absolute atomic E-state index is 0.0783. The van der Waals surface area contributed by atoms with E-state index in [-0.39, 0.29) is 23.4 Å². The van der Waals surface area contributed by atoms with Gasteiger partial charge in [0.15, 0.2) is 0 Å². The molecule has 0 amide bonds. The second kappa shape index (κ2) is 2.69.